The highest BCUT2D eigenvalue weighted by Gasteiger charge is 2.33. The molecule has 4 amide bonds. The van der Waals surface area contributed by atoms with Gasteiger partial charge >= 0.3 is 12.2 Å². The minimum absolute atomic E-state index is 0.117. The predicted molar refractivity (Wildman–Crippen MR) is 151 cm³/mol. The minimum Gasteiger partial charge on any atom is -0.444 e. The topological polar surface area (TPSA) is 167 Å². The van der Waals surface area contributed by atoms with Gasteiger partial charge < -0.3 is 40.7 Å². The number of carbonyl (C=O) groups excluding carboxylic acids is 4. The summed E-state index contributed by atoms with van der Waals surface area (Å²) in [6.07, 6.45) is 0.556. The lowest BCUT2D eigenvalue weighted by Crippen LogP contribution is -2.55. The van der Waals surface area contributed by atoms with Crippen molar-refractivity contribution in [2.75, 3.05) is 40.8 Å². The molecule has 1 rings (SSSR count). The molecule has 0 aromatic rings. The van der Waals surface area contributed by atoms with Crippen molar-refractivity contribution in [2.24, 2.45) is 5.73 Å². The molecule has 0 bridgehead atoms. The Bertz CT molecular complexity index is 857. The van der Waals surface area contributed by atoms with Gasteiger partial charge in [-0.3, -0.25) is 14.5 Å². The summed E-state index contributed by atoms with van der Waals surface area (Å²) in [7, 11) is 4.69. The molecule has 0 aromatic heterocycles. The maximum Gasteiger partial charge on any atom is 0.410 e. The highest BCUT2D eigenvalue weighted by atomic mass is 16.6. The number of carbonyl (C=O) groups is 4. The van der Waals surface area contributed by atoms with Crippen LogP contribution >= 0.6 is 0 Å². The zero-order valence-corrected chi connectivity index (χ0v) is 25.8. The number of hydrogen-bond donors (Lipinski definition) is 4. The average Bonchev–Trinajstić information content (AvgIpc) is 2.82. The van der Waals surface area contributed by atoms with Crippen LogP contribution in [0.25, 0.3) is 0 Å². The number of amides is 4. The molecule has 3 unspecified atom stereocenters. The first-order chi connectivity index (χ1) is 18.3. The van der Waals surface area contributed by atoms with Crippen LogP contribution in [-0.2, 0) is 19.1 Å². The molecule has 40 heavy (non-hydrogen) atoms. The summed E-state index contributed by atoms with van der Waals surface area (Å²) in [6, 6.07) is -1.29. The molecule has 0 radical (unpaired) electrons. The fourth-order valence-corrected chi connectivity index (χ4v) is 4.26. The van der Waals surface area contributed by atoms with Crippen molar-refractivity contribution < 1.29 is 33.8 Å². The van der Waals surface area contributed by atoms with Crippen LogP contribution in [0, 0.1) is 0 Å². The van der Waals surface area contributed by atoms with E-state index < -0.39 is 41.6 Å². The molecule has 13 nitrogen and oxygen atoms in total. The molecular weight excluding hydrogens is 520 g/mol. The lowest BCUT2D eigenvalue weighted by Gasteiger charge is -2.34. The molecule has 0 heterocycles. The van der Waals surface area contributed by atoms with Crippen molar-refractivity contribution in [3.63, 3.8) is 0 Å². The Labute approximate surface area is 239 Å². The molecule has 0 spiro atoms. The lowest BCUT2D eigenvalue weighted by atomic mass is 9.91. The van der Waals surface area contributed by atoms with E-state index in [2.05, 4.69) is 10.6 Å². The molecule has 1 aliphatic rings. The summed E-state index contributed by atoms with van der Waals surface area (Å²) in [4.78, 5) is 55.0. The van der Waals surface area contributed by atoms with Crippen LogP contribution in [0.4, 0.5) is 9.59 Å². The van der Waals surface area contributed by atoms with Crippen LogP contribution in [0.5, 0.6) is 0 Å². The SMILES string of the molecule is CN(CCN(C)C(=O)[C@H](CC(=O)NC1CCCC(NC(=O)OC(C)(C)C)C1)N(C)C(O)CN)C(=O)OC(C)(C)C. The molecule has 4 atom stereocenters. The van der Waals surface area contributed by atoms with Gasteiger partial charge in [-0.1, -0.05) is 0 Å². The Kier molecular flexibility index (Phi) is 13.6. The van der Waals surface area contributed by atoms with E-state index in [1.807, 2.05) is 0 Å². The van der Waals surface area contributed by atoms with Gasteiger partial charge in [0.2, 0.25) is 11.8 Å². The molecule has 1 aliphatic carbocycles. The molecule has 0 aromatic carbocycles. The molecular formula is C27H52N6O7. The highest BCUT2D eigenvalue weighted by molar-refractivity contribution is 5.88. The number of nitrogens with two attached hydrogens (primary N) is 1. The van der Waals surface area contributed by atoms with Crippen molar-refractivity contribution in [3.05, 3.63) is 0 Å². The zero-order valence-electron chi connectivity index (χ0n) is 25.8. The Morgan fingerprint density at radius 2 is 1.43 bits per heavy atom. The quantitative estimate of drug-likeness (QED) is 0.266. The number of alkyl carbamates (subject to hydrolysis) is 1. The molecule has 0 saturated heterocycles. The first-order valence-corrected chi connectivity index (χ1v) is 13.9. The number of hydrogen-bond acceptors (Lipinski definition) is 9. The van der Waals surface area contributed by atoms with Gasteiger partial charge in [-0.15, -0.1) is 0 Å². The van der Waals surface area contributed by atoms with Crippen LogP contribution in [0.2, 0.25) is 0 Å². The van der Waals surface area contributed by atoms with Crippen LogP contribution in [0.3, 0.4) is 0 Å². The largest absolute Gasteiger partial charge is 0.444 e. The van der Waals surface area contributed by atoms with E-state index in [-0.39, 0.29) is 44.0 Å². The number of rotatable bonds is 11. The monoisotopic (exact) mass is 572 g/mol. The molecule has 232 valence electrons. The van der Waals surface area contributed by atoms with Gasteiger partial charge in [0.1, 0.15) is 17.4 Å². The normalized spacial score (nSPS) is 19.3. The second kappa shape index (κ2) is 15.4. The van der Waals surface area contributed by atoms with E-state index in [4.69, 9.17) is 15.2 Å². The summed E-state index contributed by atoms with van der Waals surface area (Å²) < 4.78 is 10.7. The summed E-state index contributed by atoms with van der Waals surface area (Å²) >= 11 is 0. The Morgan fingerprint density at radius 1 is 0.900 bits per heavy atom. The fraction of sp³-hybridized carbons (Fsp3) is 0.852. The van der Waals surface area contributed by atoms with Gasteiger partial charge in [0.05, 0.1) is 12.5 Å². The van der Waals surface area contributed by atoms with E-state index in [0.717, 1.165) is 19.3 Å². The number of aliphatic hydroxyl groups excluding tert-OH is 1. The molecule has 0 aliphatic heterocycles. The first kappa shape index (κ1) is 35.4. The smallest absolute Gasteiger partial charge is 0.410 e. The van der Waals surface area contributed by atoms with Crippen molar-refractivity contribution in [3.8, 4) is 0 Å². The highest BCUT2D eigenvalue weighted by Crippen LogP contribution is 2.20. The van der Waals surface area contributed by atoms with Gasteiger partial charge in [0.15, 0.2) is 0 Å². The summed E-state index contributed by atoms with van der Waals surface area (Å²) in [5.41, 5.74) is 4.38. The van der Waals surface area contributed by atoms with Gasteiger partial charge in [-0.05, 0) is 74.3 Å². The molecule has 13 heteroatoms. The standard InChI is InChI=1S/C27H52N6O7/c1-26(2,3)39-24(37)30-19-12-10-11-18(15-19)29-21(34)16-20(33(9)22(35)17-28)23(36)31(7)13-14-32(8)25(38)40-27(4,5)6/h18-20,22,35H,10-17,28H2,1-9H3,(H,29,34)(H,30,37)/t18?,19?,20-,22?/m0/s1. The first-order valence-electron chi connectivity index (χ1n) is 13.9. The van der Waals surface area contributed by atoms with Gasteiger partial charge in [-0.25, -0.2) is 9.59 Å². The van der Waals surface area contributed by atoms with Crippen molar-refractivity contribution in [1.82, 2.24) is 25.3 Å². The fourth-order valence-electron chi connectivity index (χ4n) is 4.26. The van der Waals surface area contributed by atoms with E-state index in [9.17, 15) is 24.3 Å². The maximum atomic E-state index is 13.4. The third-order valence-corrected chi connectivity index (χ3v) is 6.45. The summed E-state index contributed by atoms with van der Waals surface area (Å²) in [5.74, 6) is -0.743. The second-order valence-electron chi connectivity index (χ2n) is 12.5. The Hall–Kier alpha value is -2.64. The van der Waals surface area contributed by atoms with E-state index >= 15 is 0 Å². The number of ether oxygens (including phenoxy) is 2. The minimum atomic E-state index is -1.13. The number of nitrogens with zero attached hydrogens (tertiary/aromatic N) is 3. The summed E-state index contributed by atoms with van der Waals surface area (Å²) in [6.45, 7) is 11.0. The van der Waals surface area contributed by atoms with E-state index in [1.54, 1.807) is 55.6 Å². The van der Waals surface area contributed by atoms with Crippen molar-refractivity contribution in [1.29, 1.82) is 0 Å². The van der Waals surface area contributed by atoms with Crippen molar-refractivity contribution in [2.45, 2.75) is 109 Å². The number of likely N-dealkylation sites (N-methyl/N-ethyl adjacent to an activating group) is 3. The maximum absolute atomic E-state index is 13.4. The average molecular weight is 573 g/mol. The predicted octanol–water partition coefficient (Wildman–Crippen LogP) is 1.23. The lowest BCUT2D eigenvalue weighted by molar-refractivity contribution is -0.143. The van der Waals surface area contributed by atoms with Crippen LogP contribution < -0.4 is 16.4 Å². The Balaban J connectivity index is 2.79. The van der Waals surface area contributed by atoms with Gasteiger partial charge in [0.25, 0.3) is 0 Å². The zero-order chi connectivity index (χ0) is 30.8. The number of nitrogens with one attached hydrogen (secondary N) is 2. The van der Waals surface area contributed by atoms with Gasteiger partial charge in [0, 0.05) is 45.8 Å². The third kappa shape index (κ3) is 13.1. The molecule has 5 N–H and O–H groups in total. The third-order valence-electron chi connectivity index (χ3n) is 6.45. The van der Waals surface area contributed by atoms with Crippen molar-refractivity contribution >= 4 is 24.0 Å². The van der Waals surface area contributed by atoms with Gasteiger partial charge in [-0.2, -0.15) is 0 Å². The second-order valence-corrected chi connectivity index (χ2v) is 12.5. The summed E-state index contributed by atoms with van der Waals surface area (Å²) in [5, 5.41) is 16.2. The van der Waals surface area contributed by atoms with Crippen LogP contribution in [-0.4, -0.2) is 120 Å². The van der Waals surface area contributed by atoms with E-state index in [0.29, 0.717) is 6.42 Å². The molecule has 1 fully saturated rings. The Morgan fingerprint density at radius 3 is 1.95 bits per heavy atom. The van der Waals surface area contributed by atoms with Crippen LogP contribution in [0.15, 0.2) is 0 Å². The van der Waals surface area contributed by atoms with Crippen LogP contribution in [0.1, 0.15) is 73.6 Å². The molecule has 1 saturated carbocycles. The number of aliphatic hydroxyl groups is 1. The van der Waals surface area contributed by atoms with E-state index in [1.165, 1.54) is 21.7 Å².